The van der Waals surface area contributed by atoms with Gasteiger partial charge >= 0.3 is 0 Å². The van der Waals surface area contributed by atoms with Crippen LogP contribution in [0.3, 0.4) is 0 Å². The highest BCUT2D eigenvalue weighted by Crippen LogP contribution is 2.28. The molecule has 0 radical (unpaired) electrons. The first-order valence-electron chi connectivity index (χ1n) is 11.1. The van der Waals surface area contributed by atoms with Gasteiger partial charge in [-0.2, -0.15) is 0 Å². The van der Waals surface area contributed by atoms with Crippen LogP contribution < -0.4 is 10.9 Å². The molecule has 0 saturated carbocycles. The SMILES string of the molecule is O=C(NCCCN1CCCCCC1)c1c(-c2ccccc2)cc(=O)n2c1CCC2. The van der Waals surface area contributed by atoms with E-state index < -0.39 is 0 Å². The van der Waals surface area contributed by atoms with Gasteiger partial charge in [-0.1, -0.05) is 43.2 Å². The molecule has 1 amide bonds. The summed E-state index contributed by atoms with van der Waals surface area (Å²) >= 11 is 0. The van der Waals surface area contributed by atoms with Gasteiger partial charge < -0.3 is 14.8 Å². The lowest BCUT2D eigenvalue weighted by molar-refractivity contribution is 0.0950. The van der Waals surface area contributed by atoms with E-state index >= 15 is 0 Å². The summed E-state index contributed by atoms with van der Waals surface area (Å²) in [6.45, 7) is 4.78. The van der Waals surface area contributed by atoms with Crippen molar-refractivity contribution < 1.29 is 4.79 Å². The summed E-state index contributed by atoms with van der Waals surface area (Å²) in [5.74, 6) is -0.0506. The average molecular weight is 394 g/mol. The molecule has 2 aliphatic heterocycles. The number of hydrogen-bond donors (Lipinski definition) is 1. The highest BCUT2D eigenvalue weighted by atomic mass is 16.2. The minimum absolute atomic E-state index is 0.00549. The standard InChI is InChI=1S/C24H31N3O2/c28-22-18-20(19-10-4-3-5-11-19)23(21-12-8-17-27(21)22)24(29)25-13-9-16-26-14-6-1-2-7-15-26/h3-5,10-11,18H,1-2,6-9,12-17H2,(H,25,29). The van der Waals surface area contributed by atoms with Gasteiger partial charge in [0, 0.05) is 30.4 Å². The number of benzene rings is 1. The van der Waals surface area contributed by atoms with E-state index in [1.165, 1.54) is 38.8 Å². The molecule has 5 nitrogen and oxygen atoms in total. The maximum absolute atomic E-state index is 13.2. The number of carbonyl (C=O) groups is 1. The minimum atomic E-state index is -0.0506. The molecule has 2 aromatic rings. The topological polar surface area (TPSA) is 54.3 Å². The Bertz CT molecular complexity index is 896. The minimum Gasteiger partial charge on any atom is -0.352 e. The Morgan fingerprint density at radius 3 is 2.48 bits per heavy atom. The highest BCUT2D eigenvalue weighted by molar-refractivity contribution is 6.02. The van der Waals surface area contributed by atoms with Crippen LogP contribution in [-0.4, -0.2) is 41.6 Å². The molecular weight excluding hydrogens is 362 g/mol. The van der Waals surface area contributed by atoms with Gasteiger partial charge in [0.25, 0.3) is 11.5 Å². The van der Waals surface area contributed by atoms with Crippen LogP contribution in [0.15, 0.2) is 41.2 Å². The molecule has 0 aliphatic carbocycles. The normalized spacial score (nSPS) is 17.0. The zero-order valence-electron chi connectivity index (χ0n) is 17.2. The van der Waals surface area contributed by atoms with Crippen molar-refractivity contribution in [3.05, 3.63) is 58.0 Å². The summed E-state index contributed by atoms with van der Waals surface area (Å²) in [5, 5.41) is 3.13. The van der Waals surface area contributed by atoms with E-state index in [9.17, 15) is 9.59 Å². The van der Waals surface area contributed by atoms with Gasteiger partial charge in [-0.15, -0.1) is 0 Å². The van der Waals surface area contributed by atoms with Crippen molar-refractivity contribution in [2.24, 2.45) is 0 Å². The average Bonchev–Trinajstić information content (AvgIpc) is 3.09. The molecule has 5 heteroatoms. The van der Waals surface area contributed by atoms with Crippen LogP contribution >= 0.6 is 0 Å². The Kier molecular flexibility index (Phi) is 6.45. The molecule has 0 unspecified atom stereocenters. The first-order chi connectivity index (χ1) is 14.2. The highest BCUT2D eigenvalue weighted by Gasteiger charge is 2.24. The molecule has 0 spiro atoms. The second kappa shape index (κ2) is 9.40. The third kappa shape index (κ3) is 4.61. The fourth-order valence-corrected chi connectivity index (χ4v) is 4.66. The van der Waals surface area contributed by atoms with Crippen LogP contribution in [0.4, 0.5) is 0 Å². The quantitative estimate of drug-likeness (QED) is 0.765. The number of hydrogen-bond acceptors (Lipinski definition) is 3. The number of nitrogens with zero attached hydrogens (tertiary/aromatic N) is 2. The van der Waals surface area contributed by atoms with Crippen molar-refractivity contribution >= 4 is 5.91 Å². The third-order valence-electron chi connectivity index (χ3n) is 6.16. The number of rotatable bonds is 6. The van der Waals surface area contributed by atoms with E-state index in [2.05, 4.69) is 10.2 Å². The van der Waals surface area contributed by atoms with Gasteiger partial charge in [-0.25, -0.2) is 0 Å². The van der Waals surface area contributed by atoms with E-state index in [4.69, 9.17) is 0 Å². The molecule has 154 valence electrons. The predicted molar refractivity (Wildman–Crippen MR) is 116 cm³/mol. The van der Waals surface area contributed by atoms with E-state index in [1.807, 2.05) is 30.3 Å². The summed E-state index contributed by atoms with van der Waals surface area (Å²) in [4.78, 5) is 28.3. The predicted octanol–water partition coefficient (Wildman–Crippen LogP) is 3.46. The van der Waals surface area contributed by atoms with Crippen LogP contribution in [0.5, 0.6) is 0 Å². The number of nitrogens with one attached hydrogen (secondary N) is 1. The molecule has 1 aromatic heterocycles. The number of carbonyl (C=O) groups excluding carboxylic acids is 1. The van der Waals surface area contributed by atoms with E-state index in [0.29, 0.717) is 18.7 Å². The maximum Gasteiger partial charge on any atom is 0.253 e. The molecule has 2 aliphatic rings. The molecule has 1 aromatic carbocycles. The van der Waals surface area contributed by atoms with Gasteiger partial charge in [-0.3, -0.25) is 9.59 Å². The number of likely N-dealkylation sites (tertiary alicyclic amines) is 1. The lowest BCUT2D eigenvalue weighted by Gasteiger charge is -2.20. The zero-order chi connectivity index (χ0) is 20.1. The van der Waals surface area contributed by atoms with Gasteiger partial charge in [0.15, 0.2) is 0 Å². The Morgan fingerprint density at radius 1 is 0.966 bits per heavy atom. The fourth-order valence-electron chi connectivity index (χ4n) is 4.66. The molecule has 0 bridgehead atoms. The van der Waals surface area contributed by atoms with Gasteiger partial charge in [0.2, 0.25) is 0 Å². The molecule has 29 heavy (non-hydrogen) atoms. The number of amides is 1. The number of fused-ring (bicyclic) bond motifs is 1. The van der Waals surface area contributed by atoms with Gasteiger partial charge in [0.1, 0.15) is 0 Å². The smallest absolute Gasteiger partial charge is 0.253 e. The van der Waals surface area contributed by atoms with Crippen molar-refractivity contribution in [1.29, 1.82) is 0 Å². The van der Waals surface area contributed by atoms with Crippen LogP contribution in [0, 0.1) is 0 Å². The van der Waals surface area contributed by atoms with E-state index in [-0.39, 0.29) is 11.5 Å². The number of aromatic nitrogens is 1. The van der Waals surface area contributed by atoms with Crippen LogP contribution in [0.1, 0.15) is 54.6 Å². The largest absolute Gasteiger partial charge is 0.352 e. The second-order valence-corrected chi connectivity index (χ2v) is 8.20. The fraction of sp³-hybridized carbons (Fsp3) is 0.500. The molecule has 1 saturated heterocycles. The van der Waals surface area contributed by atoms with Crippen molar-refractivity contribution in [3.8, 4) is 11.1 Å². The third-order valence-corrected chi connectivity index (χ3v) is 6.16. The van der Waals surface area contributed by atoms with E-state index in [0.717, 1.165) is 42.6 Å². The van der Waals surface area contributed by atoms with Crippen molar-refractivity contribution in [2.75, 3.05) is 26.2 Å². The van der Waals surface area contributed by atoms with Gasteiger partial charge in [0.05, 0.1) is 5.56 Å². The molecular formula is C24H31N3O2. The summed E-state index contributed by atoms with van der Waals surface area (Å²) in [5.41, 5.74) is 3.25. The Morgan fingerprint density at radius 2 is 1.72 bits per heavy atom. The summed E-state index contributed by atoms with van der Waals surface area (Å²) < 4.78 is 1.78. The van der Waals surface area contributed by atoms with Gasteiger partial charge in [-0.05, 0) is 57.3 Å². The molecule has 1 fully saturated rings. The molecule has 0 atom stereocenters. The monoisotopic (exact) mass is 393 g/mol. The maximum atomic E-state index is 13.2. The molecule has 4 rings (SSSR count). The van der Waals surface area contributed by atoms with Crippen molar-refractivity contribution in [1.82, 2.24) is 14.8 Å². The first kappa shape index (κ1) is 19.9. The van der Waals surface area contributed by atoms with Crippen molar-refractivity contribution in [3.63, 3.8) is 0 Å². The van der Waals surface area contributed by atoms with Crippen molar-refractivity contribution in [2.45, 2.75) is 51.5 Å². The van der Waals surface area contributed by atoms with Crippen LogP contribution in [0.25, 0.3) is 11.1 Å². The number of pyridine rings is 1. The van der Waals surface area contributed by atoms with E-state index in [1.54, 1.807) is 10.6 Å². The first-order valence-corrected chi connectivity index (χ1v) is 11.1. The zero-order valence-corrected chi connectivity index (χ0v) is 17.2. The Labute approximate surface area is 172 Å². The lowest BCUT2D eigenvalue weighted by atomic mass is 9.97. The summed E-state index contributed by atoms with van der Waals surface area (Å²) in [6, 6.07) is 11.4. The Hall–Kier alpha value is -2.40. The second-order valence-electron chi connectivity index (χ2n) is 8.20. The summed E-state index contributed by atoms with van der Waals surface area (Å²) in [7, 11) is 0. The van der Waals surface area contributed by atoms with Crippen LogP contribution in [0.2, 0.25) is 0 Å². The molecule has 1 N–H and O–H groups in total. The van der Waals surface area contributed by atoms with Crippen LogP contribution in [-0.2, 0) is 13.0 Å². The lowest BCUT2D eigenvalue weighted by Crippen LogP contribution is -2.32. The molecule has 3 heterocycles. The Balaban J connectivity index is 1.49. The summed E-state index contributed by atoms with van der Waals surface area (Å²) in [6.07, 6.45) is 7.92.